The Morgan fingerprint density at radius 3 is 1.74 bits per heavy atom. The lowest BCUT2D eigenvalue weighted by Crippen LogP contribution is -2.29. The number of hydrogen-bond acceptors (Lipinski definition) is 7. The molecule has 0 radical (unpaired) electrons. The number of benzene rings is 1. The molecule has 2 N–H and O–H groups in total. The van der Waals surface area contributed by atoms with Crippen molar-refractivity contribution in [3.63, 3.8) is 0 Å². The standard InChI is InChI=1S/C12H13N3O2.C11H16O2.C4H10/c16-9-7-8(13-1-2-13)12(17)11(15-5-6-15)10(9)14-3-4-14;1-7-5-10(13)8(6-9(7)12)11(2,3)4;1-3-4-2/h7H,1-6H2;5-6,12-13H,1-4H3;3-4H2,1-2H3. The fraction of sp³-hybridized carbons (Fsp3) is 0.556. The molecule has 186 valence electrons. The third kappa shape index (κ3) is 6.13. The Morgan fingerprint density at radius 2 is 1.29 bits per heavy atom. The van der Waals surface area contributed by atoms with E-state index in [-0.39, 0.29) is 28.5 Å². The van der Waals surface area contributed by atoms with Crippen molar-refractivity contribution in [2.45, 2.75) is 59.8 Å². The molecule has 0 amide bonds. The highest BCUT2D eigenvalue weighted by Crippen LogP contribution is 2.35. The Labute approximate surface area is 203 Å². The summed E-state index contributed by atoms with van der Waals surface area (Å²) in [5.41, 5.74) is 3.22. The monoisotopic (exact) mass is 469 g/mol. The van der Waals surface area contributed by atoms with E-state index >= 15 is 0 Å². The lowest BCUT2D eigenvalue weighted by Gasteiger charge is -2.21. The van der Waals surface area contributed by atoms with Crippen LogP contribution in [0.4, 0.5) is 0 Å². The summed E-state index contributed by atoms with van der Waals surface area (Å²) in [4.78, 5) is 30.5. The number of aryl methyl sites for hydroxylation is 1. The van der Waals surface area contributed by atoms with Crippen molar-refractivity contribution in [2.75, 3.05) is 39.3 Å². The Bertz CT molecular complexity index is 1010. The highest BCUT2D eigenvalue weighted by molar-refractivity contribution is 6.22. The van der Waals surface area contributed by atoms with E-state index in [2.05, 4.69) is 13.8 Å². The largest absolute Gasteiger partial charge is 0.508 e. The van der Waals surface area contributed by atoms with Crippen molar-refractivity contribution in [1.82, 2.24) is 14.7 Å². The lowest BCUT2D eigenvalue weighted by molar-refractivity contribution is -0.117. The molecule has 7 nitrogen and oxygen atoms in total. The zero-order chi connectivity index (χ0) is 25.2. The highest BCUT2D eigenvalue weighted by atomic mass is 16.3. The normalized spacial score (nSPS) is 18.6. The zero-order valence-corrected chi connectivity index (χ0v) is 21.4. The second kappa shape index (κ2) is 10.1. The van der Waals surface area contributed by atoms with Gasteiger partial charge >= 0.3 is 0 Å². The van der Waals surface area contributed by atoms with Crippen LogP contribution < -0.4 is 0 Å². The van der Waals surface area contributed by atoms with Crippen LogP contribution in [0.15, 0.2) is 35.3 Å². The minimum Gasteiger partial charge on any atom is -0.508 e. The number of unbranched alkanes of at least 4 members (excludes halogenated alkanes) is 1. The molecule has 7 heteroatoms. The number of aromatic hydroxyl groups is 2. The molecule has 1 aromatic carbocycles. The Kier molecular flexibility index (Phi) is 7.64. The summed E-state index contributed by atoms with van der Waals surface area (Å²) >= 11 is 0. The molecule has 3 heterocycles. The second-order valence-corrected chi connectivity index (χ2v) is 10.3. The van der Waals surface area contributed by atoms with Gasteiger partial charge in [0.25, 0.3) is 0 Å². The van der Waals surface area contributed by atoms with Crippen molar-refractivity contribution < 1.29 is 19.8 Å². The molecular formula is C27H39N3O4. The topological polar surface area (TPSA) is 83.6 Å². The van der Waals surface area contributed by atoms with E-state index in [0.29, 0.717) is 22.7 Å². The van der Waals surface area contributed by atoms with Gasteiger partial charge in [0.05, 0.1) is 5.70 Å². The van der Waals surface area contributed by atoms with E-state index in [0.717, 1.165) is 44.8 Å². The van der Waals surface area contributed by atoms with Crippen LogP contribution in [0.2, 0.25) is 0 Å². The second-order valence-electron chi connectivity index (χ2n) is 10.3. The fourth-order valence-electron chi connectivity index (χ4n) is 3.56. The van der Waals surface area contributed by atoms with Crippen LogP contribution in [0, 0.1) is 6.92 Å². The molecule has 0 bridgehead atoms. The van der Waals surface area contributed by atoms with Gasteiger partial charge in [-0.2, -0.15) is 0 Å². The van der Waals surface area contributed by atoms with Crippen molar-refractivity contribution in [3.8, 4) is 11.5 Å². The maximum Gasteiger partial charge on any atom is 0.227 e. The van der Waals surface area contributed by atoms with Gasteiger partial charge in [-0.3, -0.25) is 9.59 Å². The van der Waals surface area contributed by atoms with Crippen molar-refractivity contribution >= 4 is 11.6 Å². The Balaban J connectivity index is 0.000000171. The molecule has 3 aliphatic heterocycles. The highest BCUT2D eigenvalue weighted by Gasteiger charge is 2.43. The van der Waals surface area contributed by atoms with E-state index in [9.17, 15) is 19.8 Å². The van der Waals surface area contributed by atoms with Gasteiger partial charge in [0.1, 0.15) is 22.9 Å². The summed E-state index contributed by atoms with van der Waals surface area (Å²) in [6.45, 7) is 17.5. The predicted molar refractivity (Wildman–Crippen MR) is 134 cm³/mol. The number of phenols is 2. The predicted octanol–water partition coefficient (Wildman–Crippen LogP) is 3.69. The van der Waals surface area contributed by atoms with E-state index < -0.39 is 0 Å². The minimum absolute atomic E-state index is 0.00546. The van der Waals surface area contributed by atoms with Gasteiger partial charge in [-0.15, -0.1) is 0 Å². The number of phenolic OH excluding ortho intramolecular Hbond substituents is 2. The Hall–Kier alpha value is -2.96. The van der Waals surface area contributed by atoms with E-state index in [1.807, 2.05) is 35.5 Å². The number of ketones is 2. The average Bonchev–Trinajstić information content (AvgIpc) is 3.63. The molecule has 5 rings (SSSR count). The van der Waals surface area contributed by atoms with Crippen LogP contribution in [-0.2, 0) is 15.0 Å². The SMILES string of the molecule is CCCC.Cc1cc(O)c(C(C)(C)C)cc1O.O=C1C=C(N2CC2)C(=O)C(N2CC2)=C1N1CC1. The molecule has 0 atom stereocenters. The van der Waals surface area contributed by atoms with E-state index in [1.165, 1.54) is 18.9 Å². The molecule has 4 aliphatic rings. The third-order valence-corrected chi connectivity index (χ3v) is 6.11. The summed E-state index contributed by atoms with van der Waals surface area (Å²) in [7, 11) is 0. The molecule has 0 saturated carbocycles. The summed E-state index contributed by atoms with van der Waals surface area (Å²) in [5.74, 6) is 0.540. The number of rotatable bonds is 4. The zero-order valence-electron chi connectivity index (χ0n) is 21.4. The molecule has 0 spiro atoms. The minimum atomic E-state index is -0.144. The van der Waals surface area contributed by atoms with Crippen LogP contribution in [0.25, 0.3) is 0 Å². The van der Waals surface area contributed by atoms with E-state index in [4.69, 9.17) is 0 Å². The van der Waals surface area contributed by atoms with Crippen LogP contribution in [0.1, 0.15) is 58.6 Å². The number of nitrogens with zero attached hydrogens (tertiary/aromatic N) is 3. The number of carbonyl (C=O) groups is 2. The molecule has 0 aromatic heterocycles. The summed E-state index contributed by atoms with van der Waals surface area (Å²) in [5, 5.41) is 19.1. The third-order valence-electron chi connectivity index (χ3n) is 6.11. The van der Waals surface area contributed by atoms with E-state index in [1.54, 1.807) is 19.1 Å². The van der Waals surface area contributed by atoms with Gasteiger partial charge < -0.3 is 24.9 Å². The fourth-order valence-corrected chi connectivity index (χ4v) is 3.56. The smallest absolute Gasteiger partial charge is 0.227 e. The van der Waals surface area contributed by atoms with Gasteiger partial charge in [-0.1, -0.05) is 47.5 Å². The first-order valence-electron chi connectivity index (χ1n) is 12.3. The molecule has 34 heavy (non-hydrogen) atoms. The quantitative estimate of drug-likeness (QED) is 0.395. The molecule has 1 aromatic rings. The van der Waals surface area contributed by atoms with Crippen molar-refractivity contribution in [1.29, 1.82) is 0 Å². The number of Topliss-reactive ketones (excluding diaryl/α,β-unsaturated/α-hetero) is 1. The molecule has 0 unspecified atom stereocenters. The maximum absolute atomic E-state index is 12.4. The lowest BCUT2D eigenvalue weighted by atomic mass is 9.85. The van der Waals surface area contributed by atoms with Gasteiger partial charge in [0, 0.05) is 50.9 Å². The van der Waals surface area contributed by atoms with Crippen LogP contribution in [-0.4, -0.2) is 75.7 Å². The summed E-state index contributed by atoms with van der Waals surface area (Å²) in [6, 6.07) is 3.22. The van der Waals surface area contributed by atoms with Crippen LogP contribution >= 0.6 is 0 Å². The first-order chi connectivity index (χ1) is 16.0. The van der Waals surface area contributed by atoms with Gasteiger partial charge in [-0.25, -0.2) is 0 Å². The van der Waals surface area contributed by atoms with Crippen LogP contribution in [0.5, 0.6) is 11.5 Å². The summed E-state index contributed by atoms with van der Waals surface area (Å²) in [6.07, 6.45) is 4.16. The van der Waals surface area contributed by atoms with Gasteiger partial charge in [0.2, 0.25) is 11.6 Å². The van der Waals surface area contributed by atoms with Crippen molar-refractivity contribution in [2.24, 2.45) is 0 Å². The number of allylic oxidation sites excluding steroid dienone is 1. The molecule has 3 fully saturated rings. The average molecular weight is 470 g/mol. The number of carbonyl (C=O) groups excluding carboxylic acids is 2. The molecule has 1 aliphatic carbocycles. The summed E-state index contributed by atoms with van der Waals surface area (Å²) < 4.78 is 0. The van der Waals surface area contributed by atoms with Gasteiger partial charge in [-0.05, 0) is 30.0 Å². The molecule has 3 saturated heterocycles. The van der Waals surface area contributed by atoms with Crippen LogP contribution in [0.3, 0.4) is 0 Å². The Morgan fingerprint density at radius 1 is 0.794 bits per heavy atom. The molecular weight excluding hydrogens is 430 g/mol. The first kappa shape index (κ1) is 25.7. The van der Waals surface area contributed by atoms with Crippen molar-refractivity contribution in [3.05, 3.63) is 46.4 Å². The maximum atomic E-state index is 12.4. The van der Waals surface area contributed by atoms with Gasteiger partial charge in [0.15, 0.2) is 0 Å². The number of hydrogen-bond donors (Lipinski definition) is 2. The first-order valence-corrected chi connectivity index (χ1v) is 12.3.